The first-order valence-corrected chi connectivity index (χ1v) is 57.1. The molecular weight excluding hydrogens is 1980 g/mol. The van der Waals surface area contributed by atoms with Crippen molar-refractivity contribution >= 4 is 74.4 Å². The van der Waals surface area contributed by atoms with Gasteiger partial charge in [-0.15, -0.1) is 0 Å². The van der Waals surface area contributed by atoms with Gasteiger partial charge in [-0.05, 0) is 182 Å². The van der Waals surface area contributed by atoms with Gasteiger partial charge in [0.25, 0.3) is 0 Å². The van der Waals surface area contributed by atoms with Crippen molar-refractivity contribution in [3.05, 3.63) is 97.0 Å². The molecular formula is C103H196F6N14O17S5. The van der Waals surface area contributed by atoms with Crippen LogP contribution in [-0.2, 0) is 74.3 Å². The number of sulfonamides is 3. The van der Waals surface area contributed by atoms with Crippen molar-refractivity contribution in [2.75, 3.05) is 178 Å². The number of ether oxygens (including phenoxy) is 3. The number of hydrogen-bond donors (Lipinski definition) is 5. The molecule has 4 aliphatic heterocycles. The molecule has 0 spiro atoms. The van der Waals surface area contributed by atoms with E-state index in [1.807, 2.05) is 96.9 Å². The number of amides is 3. The van der Waals surface area contributed by atoms with E-state index in [1.165, 1.54) is 51.1 Å². The van der Waals surface area contributed by atoms with Gasteiger partial charge in [-0.25, -0.2) is 53.3 Å². The number of hydrogen-bond acceptors (Lipinski definition) is 24. The van der Waals surface area contributed by atoms with E-state index in [4.69, 9.17) is 4.74 Å². The molecule has 4 saturated heterocycles. The number of halogens is 6. The molecule has 4 fully saturated rings. The average Bonchev–Trinajstić information content (AvgIpc) is 1.63. The van der Waals surface area contributed by atoms with E-state index in [9.17, 15) is 87.6 Å². The van der Waals surface area contributed by atoms with Gasteiger partial charge in [-0.2, -0.15) is 56.1 Å². The van der Waals surface area contributed by atoms with E-state index in [0.29, 0.717) is 90.2 Å². The Balaban J connectivity index is -0.000000765. The largest absolute Gasteiger partial charge is 0.452 e. The summed E-state index contributed by atoms with van der Waals surface area (Å²) in [7, 11) is -12.0. The maximum Gasteiger partial charge on any atom is 0.430 e. The summed E-state index contributed by atoms with van der Waals surface area (Å²) in [5.74, 6) is -0.0694. The van der Waals surface area contributed by atoms with Crippen molar-refractivity contribution in [2.24, 2.45) is 43.3 Å². The second-order valence-electron chi connectivity index (χ2n) is 48.2. The highest BCUT2D eigenvalue weighted by molar-refractivity contribution is 7.90. The van der Waals surface area contributed by atoms with Crippen LogP contribution in [-0.4, -0.2) is 309 Å². The highest BCUT2D eigenvalue weighted by Crippen LogP contribution is 2.32. The number of piperazine rings is 2. The van der Waals surface area contributed by atoms with E-state index in [1.54, 1.807) is 75.6 Å². The number of carbonyl (C=O) groups is 4. The highest BCUT2D eigenvalue weighted by atomic mass is 32.2. The van der Waals surface area contributed by atoms with E-state index in [-0.39, 0.29) is 81.0 Å². The molecule has 0 aromatic heterocycles. The van der Waals surface area contributed by atoms with E-state index >= 15 is 0 Å². The molecule has 0 unspecified atom stereocenters. The lowest BCUT2D eigenvalue weighted by molar-refractivity contribution is -0.128. The van der Waals surface area contributed by atoms with Crippen molar-refractivity contribution in [3.63, 3.8) is 0 Å². The third-order valence-electron chi connectivity index (χ3n) is 21.9. The van der Waals surface area contributed by atoms with Crippen molar-refractivity contribution in [3.8, 4) is 0 Å². The number of benzene rings is 2. The van der Waals surface area contributed by atoms with Gasteiger partial charge in [-0.3, -0.25) is 29.2 Å². The average molecular weight is 2180 g/mol. The molecule has 4 aliphatic rings. The van der Waals surface area contributed by atoms with Crippen LogP contribution in [0.5, 0.6) is 0 Å². The third-order valence-corrected chi connectivity index (χ3v) is 30.0. The monoisotopic (exact) mass is 2180 g/mol. The molecule has 852 valence electrons. The fourth-order valence-electron chi connectivity index (χ4n) is 12.4. The van der Waals surface area contributed by atoms with Crippen LogP contribution >= 0.6 is 0 Å². The minimum atomic E-state index is -4.32. The lowest BCUT2D eigenvalue weighted by atomic mass is 9.92. The van der Waals surface area contributed by atoms with E-state index in [0.717, 1.165) is 103 Å². The van der Waals surface area contributed by atoms with E-state index in [2.05, 4.69) is 198 Å². The number of alkyl halides is 6. The van der Waals surface area contributed by atoms with Crippen molar-refractivity contribution in [1.82, 2.24) is 66.5 Å². The molecule has 31 nitrogen and oxygen atoms in total. The van der Waals surface area contributed by atoms with Crippen LogP contribution < -0.4 is 24.8 Å². The van der Waals surface area contributed by atoms with Crippen molar-refractivity contribution in [1.29, 1.82) is 0 Å². The number of Topliss-reactive ketones (excluding diaryl/α,β-unsaturated/α-hetero) is 1. The van der Waals surface area contributed by atoms with Gasteiger partial charge in [0.2, 0.25) is 36.0 Å². The molecule has 6 rings (SSSR count). The minimum Gasteiger partial charge on any atom is -0.452 e. The molecule has 0 radical (unpaired) electrons. The van der Waals surface area contributed by atoms with Gasteiger partial charge in [0, 0.05) is 149 Å². The summed E-state index contributed by atoms with van der Waals surface area (Å²) in [6.07, 6.45) is -4.49. The first-order valence-electron chi connectivity index (χ1n) is 49.7. The molecule has 2 aromatic carbocycles. The number of nitrogens with zero attached hydrogens (tertiary/aromatic N) is 9. The Morgan fingerprint density at radius 2 is 0.772 bits per heavy atom. The molecule has 0 saturated carbocycles. The summed E-state index contributed by atoms with van der Waals surface area (Å²) in [6.45, 7) is 95.2. The predicted molar refractivity (Wildman–Crippen MR) is 579 cm³/mol. The van der Waals surface area contributed by atoms with Crippen LogP contribution in [0.15, 0.2) is 101 Å². The predicted octanol–water partition coefficient (Wildman–Crippen LogP) is 19.2. The maximum absolute atomic E-state index is 12.2. The molecule has 2 aromatic rings. The molecule has 42 heteroatoms. The molecule has 4 heterocycles. The van der Waals surface area contributed by atoms with Gasteiger partial charge >= 0.3 is 45.0 Å². The number of aryl methyl sites for hydroxylation is 1. The summed E-state index contributed by atoms with van der Waals surface area (Å²) >= 11 is 0. The number of methoxy groups -OCH3 is 3. The van der Waals surface area contributed by atoms with Crippen LogP contribution in [0.4, 0.5) is 35.9 Å². The first-order chi connectivity index (χ1) is 65.1. The fraction of sp³-hybridized carbons (Fsp3) is 0.786. The van der Waals surface area contributed by atoms with Crippen LogP contribution in [0.3, 0.4) is 0 Å². The Bertz CT molecular complexity index is 4700. The van der Waals surface area contributed by atoms with Gasteiger partial charge in [0.1, 0.15) is 17.2 Å². The van der Waals surface area contributed by atoms with Crippen LogP contribution in [0.25, 0.3) is 0 Å². The summed E-state index contributed by atoms with van der Waals surface area (Å²) in [5, 5.41) is 5.47. The van der Waals surface area contributed by atoms with Gasteiger partial charge < -0.3 is 29.7 Å². The van der Waals surface area contributed by atoms with Crippen molar-refractivity contribution in [2.45, 2.75) is 320 Å². The molecule has 0 aliphatic carbocycles. The number of rotatable bonds is 29. The van der Waals surface area contributed by atoms with Crippen LogP contribution in [0.1, 0.15) is 285 Å². The Kier molecular flexibility index (Phi) is 63.9. The topological polar surface area (TPSA) is 356 Å². The quantitative estimate of drug-likeness (QED) is 0.0472. The van der Waals surface area contributed by atoms with Crippen LogP contribution in [0, 0.1) is 50.2 Å². The summed E-state index contributed by atoms with van der Waals surface area (Å²) < 4.78 is 215. The minimum absolute atomic E-state index is 0.0215. The smallest absolute Gasteiger partial charge is 0.430 e. The highest BCUT2D eigenvalue weighted by Gasteiger charge is 2.45. The molecule has 5 N–H and O–H groups in total. The summed E-state index contributed by atoms with van der Waals surface area (Å²) in [4.78, 5) is 56.9. The molecule has 145 heavy (non-hydrogen) atoms. The maximum atomic E-state index is 12.2. The SMILES string of the molecule is C=C(C)NCCC(C)(C)C.C=C(N(C)CCC(C)(C)C)C(F)(F)F.C=C(NCCC(C)(C)C)C(F)(F)F.CC(=O)CN1CCN(C(C)(C)C)CC1.CC(C)(C)CCNS(=O)(=O)c1ccccc1.CCS(=O)(=O)NCCC(C)(C)C.COC(=O)N1CCN(C(=O)CC(C)(C)C)S1(=O)=O.COC(=O)N1CCN(CCC(C)(C)C)S1(=O)=O.COCCN1CCN(C(C)(C)C)CC1.Cc1ccc(S(=O)(=O)NCCC(C)(C)C)cc1. The Morgan fingerprint density at radius 3 is 1.11 bits per heavy atom. The third kappa shape index (κ3) is 72.0. The second-order valence-corrected chi connectivity index (χ2v) is 57.5. The standard InChI is InChI=1S/C13H21NO2S.C12H19NO2S.C11H24N2O.C11H22N2O.C10H18F3N.C10H18N2O5S.C10H20N2O4S.C9H16F3N.C9H19N.C8H19NO2S/c1-11-5-7-12(8-6-11)17(15,16)14-10-9-13(2,3)4;1-12(2,3)9-10-13-16(14,15)11-7-5-4-6-8-11;1-11(2,3)13-7-5-12(6-8-13)9-10-14-4;1-10(14)9-12-5-7-13(8-6-12)11(2,3)4;1-8(10(11,12)13)14(5)7-6-9(2,3)4;1-10(2,3)7-8(13)11-5-6-12(9(14)17-4)18(11,15)16;1-10(2,3)5-6-11-7-8-12(9(13)16-4)17(11,14)15;1-7(9(10,11)12)13-6-5-8(2,3)4;1-8(2)10-7-6-9(3,4)5;1-5-12(10,11)9-7-6-8(2,3)4/h5-8,14H,9-10H2,1-4H3;4-8,13H,9-10H2,1-3H3;5-10H2,1-4H3;5-9H2,1-4H3;1,6-7H2,2-5H3;5-7H2,1-4H3;5-8H2,1-4H3;13H,1,5-6H2,2-4H3;10H,1,6-7H2,2-5H3;9H,5-7H2,1-4H3. The Labute approximate surface area is 875 Å². The molecule has 0 atom stereocenters. The molecule has 3 amide bonds. The number of ketones is 1. The summed E-state index contributed by atoms with van der Waals surface area (Å²) in [6, 6.07) is 15.3. The lowest BCUT2D eigenvalue weighted by Crippen LogP contribution is -2.54. The van der Waals surface area contributed by atoms with Gasteiger partial charge in [-0.1, -0.05) is 222 Å². The van der Waals surface area contributed by atoms with Crippen molar-refractivity contribution < 1.29 is 102 Å². The summed E-state index contributed by atoms with van der Waals surface area (Å²) in [5.41, 5.74) is 1.79. The van der Waals surface area contributed by atoms with Gasteiger partial charge in [0.15, 0.2) is 0 Å². The van der Waals surface area contributed by atoms with Crippen LogP contribution in [0.2, 0.25) is 0 Å². The van der Waals surface area contributed by atoms with E-state index < -0.39 is 92.3 Å². The first kappa shape index (κ1) is 145. The number of nitrogens with one attached hydrogen (secondary N) is 5. The number of allylic oxidation sites excluding steroid dienone is 3. The number of carbonyl (C=O) groups excluding carboxylic acids is 4. The zero-order chi connectivity index (χ0) is 114. The fourth-order valence-corrected chi connectivity index (χ4v) is 18.0. The Hall–Kier alpha value is -6.29. The zero-order valence-corrected chi connectivity index (χ0v) is 100. The molecule has 0 bridgehead atoms. The van der Waals surface area contributed by atoms with Gasteiger partial charge in [0.05, 0.1) is 62.5 Å². The second kappa shape index (κ2) is 63.9. The lowest BCUT2D eigenvalue weighted by Gasteiger charge is -2.42. The normalized spacial score (nSPS) is 16.0. The Morgan fingerprint density at radius 1 is 0.421 bits per heavy atom. The zero-order valence-electron chi connectivity index (χ0n) is 96.0.